The Bertz CT molecular complexity index is 779. The highest BCUT2D eigenvalue weighted by molar-refractivity contribution is 5.85. The second-order valence-electron chi connectivity index (χ2n) is 11.1. The van der Waals surface area contributed by atoms with Crippen molar-refractivity contribution >= 4 is 5.97 Å². The van der Waals surface area contributed by atoms with E-state index in [0.717, 1.165) is 24.8 Å². The number of hydrogen-bond donors (Lipinski definition) is 4. The lowest BCUT2D eigenvalue weighted by Gasteiger charge is -2.69. The van der Waals surface area contributed by atoms with Gasteiger partial charge in [-0.3, -0.25) is 0 Å². The van der Waals surface area contributed by atoms with Crippen LogP contribution in [0.4, 0.5) is 0 Å². The molecule has 0 amide bonds. The Labute approximate surface area is 172 Å². The van der Waals surface area contributed by atoms with E-state index in [4.69, 9.17) is 4.74 Å². The first-order valence-corrected chi connectivity index (χ1v) is 11.2. The van der Waals surface area contributed by atoms with Gasteiger partial charge in [0.1, 0.15) is 6.61 Å². The first kappa shape index (κ1) is 20.0. The molecular formula is C23H34O6. The summed E-state index contributed by atoms with van der Waals surface area (Å²) in [6.07, 6.45) is 6.10. The van der Waals surface area contributed by atoms with Crippen LogP contribution in [0.5, 0.6) is 0 Å². The highest BCUT2D eigenvalue weighted by atomic mass is 16.5. The Morgan fingerprint density at radius 2 is 1.69 bits per heavy atom. The molecule has 1 heterocycles. The van der Waals surface area contributed by atoms with Crippen LogP contribution in [0.3, 0.4) is 0 Å². The Hall–Kier alpha value is -0.950. The molecule has 4 N–H and O–H groups in total. The Balaban J connectivity index is 1.54. The SMILES string of the molecule is CC12CCC(O)CC1(O)CCC1(O)C2CCC2(C)C(C3=CC(=O)OC3)CCC21O. The monoisotopic (exact) mass is 406 g/mol. The van der Waals surface area contributed by atoms with Crippen molar-refractivity contribution in [3.63, 3.8) is 0 Å². The van der Waals surface area contributed by atoms with Crippen LogP contribution >= 0.6 is 0 Å². The van der Waals surface area contributed by atoms with Gasteiger partial charge in [0.15, 0.2) is 0 Å². The smallest absolute Gasteiger partial charge is 0.331 e. The topological polar surface area (TPSA) is 107 Å². The number of aliphatic hydroxyl groups is 4. The molecule has 0 aromatic carbocycles. The third-order valence-corrected chi connectivity index (χ3v) is 10.2. The Morgan fingerprint density at radius 1 is 0.966 bits per heavy atom. The molecule has 162 valence electrons. The molecule has 4 saturated carbocycles. The van der Waals surface area contributed by atoms with Crippen LogP contribution in [-0.2, 0) is 9.53 Å². The van der Waals surface area contributed by atoms with E-state index in [1.54, 1.807) is 6.08 Å². The Kier molecular flexibility index (Phi) is 4.03. The minimum atomic E-state index is -1.28. The third-order valence-electron chi connectivity index (χ3n) is 10.2. The van der Waals surface area contributed by atoms with Gasteiger partial charge in [-0.15, -0.1) is 0 Å². The summed E-state index contributed by atoms with van der Waals surface area (Å²) in [7, 11) is 0. The molecular weight excluding hydrogens is 372 g/mol. The van der Waals surface area contributed by atoms with E-state index in [9.17, 15) is 25.2 Å². The van der Waals surface area contributed by atoms with Gasteiger partial charge in [0.25, 0.3) is 0 Å². The first-order valence-electron chi connectivity index (χ1n) is 11.2. The van der Waals surface area contributed by atoms with Crippen LogP contribution in [0, 0.1) is 22.7 Å². The van der Waals surface area contributed by atoms with Gasteiger partial charge in [-0.25, -0.2) is 4.79 Å². The summed E-state index contributed by atoms with van der Waals surface area (Å²) in [5, 5.41) is 46.0. The summed E-state index contributed by atoms with van der Waals surface area (Å²) in [6, 6.07) is 0. The van der Waals surface area contributed by atoms with Crippen LogP contribution < -0.4 is 0 Å². The molecule has 4 aliphatic carbocycles. The van der Waals surface area contributed by atoms with Crippen molar-refractivity contribution in [2.75, 3.05) is 6.61 Å². The van der Waals surface area contributed by atoms with Crippen molar-refractivity contribution in [2.45, 2.75) is 94.5 Å². The maximum absolute atomic E-state index is 12.1. The first-order chi connectivity index (χ1) is 13.5. The molecule has 1 aliphatic heterocycles. The molecule has 6 nitrogen and oxygen atoms in total. The van der Waals surface area contributed by atoms with Gasteiger partial charge < -0.3 is 25.2 Å². The van der Waals surface area contributed by atoms with Crippen molar-refractivity contribution in [1.82, 2.24) is 0 Å². The lowest BCUT2D eigenvalue weighted by molar-refractivity contribution is -0.322. The predicted molar refractivity (Wildman–Crippen MR) is 105 cm³/mol. The summed E-state index contributed by atoms with van der Waals surface area (Å²) in [5.74, 6) is -0.512. The van der Waals surface area contributed by atoms with Crippen LogP contribution in [-0.4, -0.2) is 55.9 Å². The van der Waals surface area contributed by atoms with Crippen molar-refractivity contribution in [3.8, 4) is 0 Å². The highest BCUT2D eigenvalue weighted by Gasteiger charge is 2.76. The minimum Gasteiger partial charge on any atom is -0.458 e. The molecule has 5 aliphatic rings. The highest BCUT2D eigenvalue weighted by Crippen LogP contribution is 2.71. The van der Waals surface area contributed by atoms with E-state index in [2.05, 4.69) is 13.8 Å². The standard InChI is InChI=1S/C23H34O6/c1-19-7-5-17-20(2)6-3-15(24)12-21(20,26)9-10-22(17,27)23(19,28)8-4-16(19)14-11-18(25)29-13-14/h11,15-17,24,26-28H,3-10,12-13H2,1-2H3. The molecule has 5 rings (SSSR count). The van der Waals surface area contributed by atoms with E-state index in [1.807, 2.05) is 0 Å². The number of fused-ring (bicyclic) bond motifs is 5. The minimum absolute atomic E-state index is 0.0192. The summed E-state index contributed by atoms with van der Waals surface area (Å²) in [5.41, 5.74) is -3.66. The fourth-order valence-corrected chi connectivity index (χ4v) is 8.43. The average molecular weight is 407 g/mol. The summed E-state index contributed by atoms with van der Waals surface area (Å²) in [4.78, 5) is 11.6. The average Bonchev–Trinajstić information content (AvgIpc) is 3.19. The van der Waals surface area contributed by atoms with Gasteiger partial charge in [-0.05, 0) is 68.8 Å². The Morgan fingerprint density at radius 3 is 2.38 bits per heavy atom. The van der Waals surface area contributed by atoms with E-state index in [-0.39, 0.29) is 24.4 Å². The van der Waals surface area contributed by atoms with Gasteiger partial charge in [-0.1, -0.05) is 13.8 Å². The van der Waals surface area contributed by atoms with Gasteiger partial charge >= 0.3 is 5.97 Å². The molecule has 0 aromatic rings. The maximum Gasteiger partial charge on any atom is 0.331 e. The predicted octanol–water partition coefficient (Wildman–Crippen LogP) is 1.83. The number of cyclic esters (lactones) is 1. The number of ether oxygens (including phenoxy) is 1. The molecule has 0 saturated heterocycles. The van der Waals surface area contributed by atoms with Crippen LogP contribution in [0.25, 0.3) is 0 Å². The molecule has 6 heteroatoms. The summed E-state index contributed by atoms with van der Waals surface area (Å²) >= 11 is 0. The fourth-order valence-electron chi connectivity index (χ4n) is 8.43. The molecule has 0 aromatic heterocycles. The second kappa shape index (κ2) is 5.84. The number of carbonyl (C=O) groups excluding carboxylic acids is 1. The number of esters is 1. The van der Waals surface area contributed by atoms with Crippen molar-refractivity contribution in [3.05, 3.63) is 11.6 Å². The van der Waals surface area contributed by atoms with E-state index in [0.29, 0.717) is 38.5 Å². The maximum atomic E-state index is 12.1. The zero-order chi connectivity index (χ0) is 20.9. The molecule has 0 spiro atoms. The summed E-state index contributed by atoms with van der Waals surface area (Å²) in [6.45, 7) is 4.40. The molecule has 0 bridgehead atoms. The fraction of sp³-hybridized carbons (Fsp3) is 0.870. The zero-order valence-electron chi connectivity index (χ0n) is 17.5. The molecule has 8 unspecified atom stereocenters. The lowest BCUT2D eigenvalue weighted by Crippen LogP contribution is -2.76. The molecule has 4 fully saturated rings. The van der Waals surface area contributed by atoms with E-state index in [1.165, 1.54) is 0 Å². The van der Waals surface area contributed by atoms with Crippen molar-refractivity contribution in [2.24, 2.45) is 22.7 Å². The van der Waals surface area contributed by atoms with E-state index >= 15 is 0 Å². The second-order valence-corrected chi connectivity index (χ2v) is 11.1. The number of aliphatic hydroxyl groups excluding tert-OH is 1. The summed E-state index contributed by atoms with van der Waals surface area (Å²) < 4.78 is 5.14. The zero-order valence-corrected chi connectivity index (χ0v) is 17.5. The van der Waals surface area contributed by atoms with Gasteiger partial charge in [0.05, 0.1) is 22.9 Å². The van der Waals surface area contributed by atoms with Gasteiger partial charge in [0, 0.05) is 23.3 Å². The number of hydrogen-bond acceptors (Lipinski definition) is 6. The molecule has 29 heavy (non-hydrogen) atoms. The largest absolute Gasteiger partial charge is 0.458 e. The number of carbonyl (C=O) groups is 1. The van der Waals surface area contributed by atoms with E-state index < -0.39 is 33.7 Å². The van der Waals surface area contributed by atoms with Crippen molar-refractivity contribution < 1.29 is 30.0 Å². The third kappa shape index (κ3) is 2.24. The van der Waals surface area contributed by atoms with Crippen LogP contribution in [0.2, 0.25) is 0 Å². The van der Waals surface area contributed by atoms with Crippen LogP contribution in [0.1, 0.15) is 71.6 Å². The van der Waals surface area contributed by atoms with Crippen LogP contribution in [0.15, 0.2) is 11.6 Å². The molecule has 0 radical (unpaired) electrons. The van der Waals surface area contributed by atoms with Crippen molar-refractivity contribution in [1.29, 1.82) is 0 Å². The van der Waals surface area contributed by atoms with Gasteiger partial charge in [-0.2, -0.15) is 0 Å². The van der Waals surface area contributed by atoms with Gasteiger partial charge in [0.2, 0.25) is 0 Å². The quantitative estimate of drug-likeness (QED) is 0.495. The molecule has 8 atom stereocenters. The normalized spacial score (nSPS) is 56.8. The lowest BCUT2D eigenvalue weighted by atomic mass is 9.40. The number of rotatable bonds is 1.